The van der Waals surface area contributed by atoms with Gasteiger partial charge in [-0.15, -0.1) is 0 Å². The first-order valence-electron chi connectivity index (χ1n) is 6.69. The van der Waals surface area contributed by atoms with Crippen LogP contribution in [0.2, 0.25) is 0 Å². The summed E-state index contributed by atoms with van der Waals surface area (Å²) in [6.07, 6.45) is 3.96. The molecule has 0 aromatic heterocycles. The lowest BCUT2D eigenvalue weighted by atomic mass is 9.96. The number of thioether (sulfide) groups is 1. The van der Waals surface area contributed by atoms with Gasteiger partial charge in [-0.25, -0.2) is 0 Å². The minimum absolute atomic E-state index is 0.739. The Morgan fingerprint density at radius 3 is 2.81 bits per heavy atom. The van der Waals surface area contributed by atoms with Gasteiger partial charge >= 0.3 is 0 Å². The topological polar surface area (TPSA) is 15.3 Å². The van der Waals surface area contributed by atoms with Crippen LogP contribution in [0.15, 0.2) is 0 Å². The largest absolute Gasteiger partial charge is 0.317 e. The molecule has 3 heteroatoms. The van der Waals surface area contributed by atoms with E-state index in [-0.39, 0.29) is 0 Å². The van der Waals surface area contributed by atoms with Gasteiger partial charge in [0.15, 0.2) is 0 Å². The summed E-state index contributed by atoms with van der Waals surface area (Å²) < 4.78 is 0. The molecular weight excluding hydrogens is 216 g/mol. The first kappa shape index (κ1) is 14.3. The van der Waals surface area contributed by atoms with E-state index in [9.17, 15) is 0 Å². The quantitative estimate of drug-likeness (QED) is 0.723. The highest BCUT2D eigenvalue weighted by molar-refractivity contribution is 7.99. The van der Waals surface area contributed by atoms with Crippen molar-refractivity contribution in [3.63, 3.8) is 0 Å². The van der Waals surface area contributed by atoms with Crippen molar-refractivity contribution in [2.75, 3.05) is 25.1 Å². The highest BCUT2D eigenvalue weighted by Gasteiger charge is 2.27. The number of nitrogens with zero attached hydrogens (tertiary/aromatic N) is 1. The van der Waals surface area contributed by atoms with E-state index in [0.717, 1.165) is 18.1 Å². The molecule has 16 heavy (non-hydrogen) atoms. The van der Waals surface area contributed by atoms with Gasteiger partial charge < -0.3 is 5.32 Å². The summed E-state index contributed by atoms with van der Waals surface area (Å²) in [7, 11) is 2.09. The Hall–Kier alpha value is 0.270. The molecule has 3 atom stereocenters. The molecule has 1 heterocycles. The van der Waals surface area contributed by atoms with Crippen LogP contribution in [0.3, 0.4) is 0 Å². The molecule has 0 bridgehead atoms. The zero-order valence-corrected chi connectivity index (χ0v) is 12.1. The lowest BCUT2D eigenvalue weighted by Crippen LogP contribution is -2.50. The Morgan fingerprint density at radius 1 is 1.50 bits per heavy atom. The van der Waals surface area contributed by atoms with Crippen molar-refractivity contribution in [2.45, 2.75) is 58.2 Å². The average Bonchev–Trinajstić information content (AvgIpc) is 2.29. The molecule has 2 nitrogen and oxygen atoms in total. The van der Waals surface area contributed by atoms with Crippen molar-refractivity contribution in [1.29, 1.82) is 0 Å². The molecule has 1 rings (SSSR count). The number of hydrogen-bond donors (Lipinski definition) is 1. The van der Waals surface area contributed by atoms with Gasteiger partial charge in [0.25, 0.3) is 0 Å². The van der Waals surface area contributed by atoms with E-state index in [1.807, 2.05) is 0 Å². The van der Waals surface area contributed by atoms with E-state index >= 15 is 0 Å². The molecule has 3 unspecified atom stereocenters. The molecule has 0 aromatic carbocycles. The van der Waals surface area contributed by atoms with Crippen LogP contribution >= 0.6 is 11.8 Å². The van der Waals surface area contributed by atoms with E-state index in [1.165, 1.54) is 37.3 Å². The van der Waals surface area contributed by atoms with Gasteiger partial charge in [-0.3, -0.25) is 4.90 Å². The van der Waals surface area contributed by atoms with Crippen LogP contribution in [0.25, 0.3) is 0 Å². The maximum atomic E-state index is 3.42. The molecule has 96 valence electrons. The van der Waals surface area contributed by atoms with Gasteiger partial charge in [0, 0.05) is 24.7 Å². The molecule has 0 saturated carbocycles. The number of rotatable bonds is 6. The van der Waals surface area contributed by atoms with E-state index in [4.69, 9.17) is 0 Å². The molecule has 0 radical (unpaired) electrons. The second kappa shape index (κ2) is 7.57. The second-order valence-electron chi connectivity index (χ2n) is 4.93. The van der Waals surface area contributed by atoms with Gasteiger partial charge in [-0.2, -0.15) is 11.8 Å². The first-order valence-corrected chi connectivity index (χ1v) is 7.85. The molecule has 0 amide bonds. The fourth-order valence-corrected chi connectivity index (χ4v) is 3.47. The van der Waals surface area contributed by atoms with Crippen LogP contribution in [0, 0.1) is 0 Å². The summed E-state index contributed by atoms with van der Waals surface area (Å²) in [5.41, 5.74) is 0. The summed E-state index contributed by atoms with van der Waals surface area (Å²) in [5.74, 6) is 2.57. The minimum atomic E-state index is 0.739. The monoisotopic (exact) mass is 244 g/mol. The van der Waals surface area contributed by atoms with Crippen LogP contribution in [0.4, 0.5) is 0 Å². The highest BCUT2D eigenvalue weighted by atomic mass is 32.2. The maximum Gasteiger partial charge on any atom is 0.00910 e. The summed E-state index contributed by atoms with van der Waals surface area (Å²) in [5, 5.41) is 3.42. The zero-order chi connectivity index (χ0) is 12.0. The van der Waals surface area contributed by atoms with Crippen LogP contribution in [0.5, 0.6) is 0 Å². The third kappa shape index (κ3) is 4.27. The van der Waals surface area contributed by atoms with Crippen LogP contribution in [-0.2, 0) is 0 Å². The van der Waals surface area contributed by atoms with Crippen LogP contribution in [0.1, 0.15) is 40.0 Å². The molecule has 1 aliphatic heterocycles. The summed E-state index contributed by atoms with van der Waals surface area (Å²) in [6.45, 7) is 8.29. The van der Waals surface area contributed by atoms with Gasteiger partial charge in [-0.05, 0) is 51.7 Å². The molecule has 0 spiro atoms. The van der Waals surface area contributed by atoms with Crippen molar-refractivity contribution < 1.29 is 0 Å². The lowest BCUT2D eigenvalue weighted by molar-refractivity contribution is 0.0960. The summed E-state index contributed by atoms with van der Waals surface area (Å²) in [6, 6.07) is 2.24. The third-order valence-corrected chi connectivity index (χ3v) is 4.72. The maximum absolute atomic E-state index is 3.42. The van der Waals surface area contributed by atoms with Crippen molar-refractivity contribution in [2.24, 2.45) is 0 Å². The predicted octanol–water partition coefficient (Wildman–Crippen LogP) is 2.59. The number of likely N-dealkylation sites (tertiary alicyclic amines) is 1. The predicted molar refractivity (Wildman–Crippen MR) is 75.3 cm³/mol. The van der Waals surface area contributed by atoms with E-state index < -0.39 is 0 Å². The van der Waals surface area contributed by atoms with Gasteiger partial charge in [-0.1, -0.05) is 6.92 Å². The lowest BCUT2D eigenvalue weighted by Gasteiger charge is -2.41. The molecule has 1 fully saturated rings. The van der Waals surface area contributed by atoms with Crippen molar-refractivity contribution in [3.05, 3.63) is 0 Å². The molecular formula is C13H28N2S. The fraction of sp³-hybridized carbons (Fsp3) is 1.00. The Bertz CT molecular complexity index is 187. The molecule has 1 aliphatic rings. The summed E-state index contributed by atoms with van der Waals surface area (Å²) >= 11 is 2.07. The SMILES string of the molecule is CCSCCC(C)N1CCC(NC)CC1C. The standard InChI is InChI=1S/C13H28N2S/c1-5-16-9-7-11(2)15-8-6-13(14-4)10-12(15)3/h11-14H,5-10H2,1-4H3. The molecule has 1 N–H and O–H groups in total. The summed E-state index contributed by atoms with van der Waals surface area (Å²) in [4.78, 5) is 2.70. The average molecular weight is 244 g/mol. The molecule has 1 saturated heterocycles. The van der Waals surface area contributed by atoms with E-state index in [0.29, 0.717) is 0 Å². The van der Waals surface area contributed by atoms with Gasteiger partial charge in [0.2, 0.25) is 0 Å². The van der Waals surface area contributed by atoms with Crippen LogP contribution < -0.4 is 5.32 Å². The molecule has 0 aliphatic carbocycles. The number of piperidine rings is 1. The second-order valence-corrected chi connectivity index (χ2v) is 6.33. The Kier molecular flexibility index (Phi) is 6.78. The third-order valence-electron chi connectivity index (χ3n) is 3.79. The van der Waals surface area contributed by atoms with Crippen LogP contribution in [-0.4, -0.2) is 48.1 Å². The first-order chi connectivity index (χ1) is 7.69. The van der Waals surface area contributed by atoms with E-state index in [2.05, 4.69) is 49.8 Å². The number of hydrogen-bond acceptors (Lipinski definition) is 3. The minimum Gasteiger partial charge on any atom is -0.317 e. The molecule has 0 aromatic rings. The highest BCUT2D eigenvalue weighted by Crippen LogP contribution is 2.21. The van der Waals surface area contributed by atoms with E-state index in [1.54, 1.807) is 0 Å². The smallest absolute Gasteiger partial charge is 0.00910 e. The van der Waals surface area contributed by atoms with Crippen molar-refractivity contribution in [1.82, 2.24) is 10.2 Å². The van der Waals surface area contributed by atoms with Crippen molar-refractivity contribution >= 4 is 11.8 Å². The Morgan fingerprint density at radius 2 is 2.25 bits per heavy atom. The number of nitrogens with one attached hydrogen (secondary N) is 1. The normalized spacial score (nSPS) is 29.2. The Balaban J connectivity index is 2.30. The van der Waals surface area contributed by atoms with Crippen molar-refractivity contribution in [3.8, 4) is 0 Å². The van der Waals surface area contributed by atoms with Gasteiger partial charge in [0.05, 0.1) is 0 Å². The zero-order valence-electron chi connectivity index (χ0n) is 11.3. The van der Waals surface area contributed by atoms with Gasteiger partial charge in [0.1, 0.15) is 0 Å². The fourth-order valence-electron chi connectivity index (χ4n) is 2.67. The Labute approximate surface area is 106 Å².